The van der Waals surface area contributed by atoms with Crippen LogP contribution in [0.1, 0.15) is 16.8 Å². The minimum atomic E-state index is 0.758. The topological polar surface area (TPSA) is 29.9 Å². The summed E-state index contributed by atoms with van der Waals surface area (Å²) >= 11 is 0. The fourth-order valence-corrected chi connectivity index (χ4v) is 1.92. The first-order valence-corrected chi connectivity index (χ1v) is 6.09. The van der Waals surface area contributed by atoms with Crippen LogP contribution in [0, 0.1) is 20.8 Å². The van der Waals surface area contributed by atoms with E-state index in [4.69, 9.17) is 0 Å². The second-order valence-electron chi connectivity index (χ2n) is 4.59. The molecule has 0 atom stereocenters. The van der Waals surface area contributed by atoms with Gasteiger partial charge in [0.1, 0.15) is 0 Å². The molecule has 0 bridgehead atoms. The summed E-state index contributed by atoms with van der Waals surface area (Å²) in [6, 6.07) is 6.37. The van der Waals surface area contributed by atoms with Crippen molar-refractivity contribution in [2.75, 3.05) is 5.32 Å². The van der Waals surface area contributed by atoms with Crippen molar-refractivity contribution >= 4 is 11.6 Å². The summed E-state index contributed by atoms with van der Waals surface area (Å²) in [5.41, 5.74) is 4.56. The van der Waals surface area contributed by atoms with Crippen LogP contribution in [0.2, 0.25) is 0 Å². The van der Waals surface area contributed by atoms with Crippen LogP contribution in [0.3, 0.4) is 0 Å². The molecule has 1 aromatic heterocycles. The van der Waals surface area contributed by atoms with Crippen LogP contribution in [-0.4, -0.2) is 9.55 Å². The molecule has 1 N–H and O–H groups in total. The molecule has 0 aliphatic heterocycles. The zero-order valence-electron chi connectivity index (χ0n) is 11.2. The molecule has 1 aromatic carbocycles. The predicted molar refractivity (Wildman–Crippen MR) is 76.4 cm³/mol. The first-order valence-electron chi connectivity index (χ1n) is 6.09. The summed E-state index contributed by atoms with van der Waals surface area (Å²) in [6.07, 6.45) is 3.89. The van der Waals surface area contributed by atoms with Crippen molar-refractivity contribution < 1.29 is 0 Å². The molecule has 0 aliphatic carbocycles. The first-order chi connectivity index (χ1) is 8.60. The first kappa shape index (κ1) is 12.4. The lowest BCUT2D eigenvalue weighted by Gasteiger charge is -2.11. The average Bonchev–Trinajstić information content (AvgIpc) is 2.65. The lowest BCUT2D eigenvalue weighted by molar-refractivity contribution is 0.832. The monoisotopic (exact) mass is 241 g/mol. The molecule has 18 heavy (non-hydrogen) atoms. The molecule has 0 aliphatic rings. The number of benzene rings is 1. The lowest BCUT2D eigenvalue weighted by atomic mass is 10.1. The third-order valence-electron chi connectivity index (χ3n) is 2.86. The van der Waals surface area contributed by atoms with E-state index in [1.807, 2.05) is 19.2 Å². The Labute approximate surface area is 108 Å². The van der Waals surface area contributed by atoms with Gasteiger partial charge in [-0.1, -0.05) is 18.2 Å². The molecule has 1 heterocycles. The zero-order valence-corrected chi connectivity index (χ0v) is 11.2. The summed E-state index contributed by atoms with van der Waals surface area (Å²) < 4.78 is 2.06. The highest BCUT2D eigenvalue weighted by atomic mass is 15.2. The van der Waals surface area contributed by atoms with Gasteiger partial charge in [0.25, 0.3) is 0 Å². The van der Waals surface area contributed by atoms with Crippen LogP contribution in [0.4, 0.5) is 11.6 Å². The highest BCUT2D eigenvalue weighted by Crippen LogP contribution is 2.21. The SMILES string of the molecule is C=CCn1cc(C)nc1Nc1cc(C)ccc1C. The minimum Gasteiger partial charge on any atom is -0.325 e. The van der Waals surface area contributed by atoms with Crippen LogP contribution in [0.5, 0.6) is 0 Å². The van der Waals surface area contributed by atoms with Gasteiger partial charge >= 0.3 is 0 Å². The Morgan fingerprint density at radius 1 is 1.33 bits per heavy atom. The second kappa shape index (κ2) is 5.08. The van der Waals surface area contributed by atoms with Crippen LogP contribution < -0.4 is 5.32 Å². The number of aromatic nitrogens is 2. The van der Waals surface area contributed by atoms with Crippen molar-refractivity contribution in [1.29, 1.82) is 0 Å². The molecular weight excluding hydrogens is 222 g/mol. The van der Waals surface area contributed by atoms with Crippen molar-refractivity contribution in [3.05, 3.63) is 53.9 Å². The number of aryl methyl sites for hydroxylation is 3. The Hall–Kier alpha value is -2.03. The molecule has 2 rings (SSSR count). The number of hydrogen-bond donors (Lipinski definition) is 1. The van der Waals surface area contributed by atoms with Gasteiger partial charge in [-0.15, -0.1) is 6.58 Å². The maximum absolute atomic E-state index is 4.50. The van der Waals surface area contributed by atoms with Crippen LogP contribution >= 0.6 is 0 Å². The molecule has 3 heteroatoms. The Morgan fingerprint density at radius 2 is 2.11 bits per heavy atom. The standard InChI is InChI=1S/C15H19N3/c1-5-8-18-10-13(4)16-15(18)17-14-9-11(2)6-7-12(14)3/h5-7,9-10H,1,8H2,2-4H3,(H,16,17). The van der Waals surface area contributed by atoms with Gasteiger partial charge < -0.3 is 9.88 Å². The molecular formula is C15H19N3. The average molecular weight is 241 g/mol. The van der Waals surface area contributed by atoms with Crippen molar-refractivity contribution in [2.24, 2.45) is 0 Å². The number of anilines is 2. The van der Waals surface area contributed by atoms with Gasteiger partial charge in [-0.3, -0.25) is 0 Å². The van der Waals surface area contributed by atoms with Gasteiger partial charge in [-0.25, -0.2) is 4.98 Å². The molecule has 0 fully saturated rings. The summed E-state index contributed by atoms with van der Waals surface area (Å²) in [5, 5.41) is 3.39. The quantitative estimate of drug-likeness (QED) is 0.826. The highest BCUT2D eigenvalue weighted by Gasteiger charge is 2.06. The number of nitrogens with zero attached hydrogens (tertiary/aromatic N) is 2. The Balaban J connectivity index is 2.33. The number of rotatable bonds is 4. The van der Waals surface area contributed by atoms with Crippen molar-refractivity contribution in [3.63, 3.8) is 0 Å². The molecule has 0 amide bonds. The van der Waals surface area contributed by atoms with Gasteiger partial charge in [-0.2, -0.15) is 0 Å². The Kier molecular flexibility index (Phi) is 3.51. The summed E-state index contributed by atoms with van der Waals surface area (Å²) in [4.78, 5) is 4.50. The number of nitrogens with one attached hydrogen (secondary N) is 1. The Bertz CT molecular complexity index is 567. The van der Waals surface area contributed by atoms with Gasteiger partial charge in [0, 0.05) is 18.4 Å². The molecule has 94 valence electrons. The maximum Gasteiger partial charge on any atom is 0.207 e. The smallest absolute Gasteiger partial charge is 0.207 e. The van der Waals surface area contributed by atoms with Crippen molar-refractivity contribution in [1.82, 2.24) is 9.55 Å². The minimum absolute atomic E-state index is 0.758. The zero-order chi connectivity index (χ0) is 13.1. The van der Waals surface area contributed by atoms with Gasteiger partial charge in [0.2, 0.25) is 5.95 Å². The van der Waals surface area contributed by atoms with Crippen LogP contribution in [0.25, 0.3) is 0 Å². The van der Waals surface area contributed by atoms with Gasteiger partial charge in [-0.05, 0) is 38.0 Å². The molecule has 0 unspecified atom stereocenters. The molecule has 0 saturated carbocycles. The second-order valence-corrected chi connectivity index (χ2v) is 4.59. The molecule has 3 nitrogen and oxygen atoms in total. The van der Waals surface area contributed by atoms with E-state index in [1.165, 1.54) is 11.1 Å². The number of allylic oxidation sites excluding steroid dienone is 1. The molecule has 2 aromatic rings. The maximum atomic E-state index is 4.50. The van der Waals surface area contributed by atoms with E-state index in [2.05, 4.69) is 53.5 Å². The van der Waals surface area contributed by atoms with Crippen LogP contribution in [0.15, 0.2) is 37.1 Å². The number of hydrogen-bond acceptors (Lipinski definition) is 2. The fourth-order valence-electron chi connectivity index (χ4n) is 1.92. The summed E-state index contributed by atoms with van der Waals surface area (Å²) in [7, 11) is 0. The Morgan fingerprint density at radius 3 is 2.83 bits per heavy atom. The van der Waals surface area contributed by atoms with E-state index in [0.717, 1.165) is 23.9 Å². The normalized spacial score (nSPS) is 10.4. The molecule has 0 radical (unpaired) electrons. The van der Waals surface area contributed by atoms with E-state index in [0.29, 0.717) is 0 Å². The highest BCUT2D eigenvalue weighted by molar-refractivity contribution is 5.59. The summed E-state index contributed by atoms with van der Waals surface area (Å²) in [5.74, 6) is 0.862. The molecule has 0 saturated heterocycles. The van der Waals surface area contributed by atoms with E-state index in [-0.39, 0.29) is 0 Å². The predicted octanol–water partition coefficient (Wildman–Crippen LogP) is 3.74. The number of imidazole rings is 1. The van der Waals surface area contributed by atoms with E-state index >= 15 is 0 Å². The van der Waals surface area contributed by atoms with Gasteiger partial charge in [0.15, 0.2) is 0 Å². The largest absolute Gasteiger partial charge is 0.325 e. The van der Waals surface area contributed by atoms with Gasteiger partial charge in [0.05, 0.1) is 5.69 Å². The lowest BCUT2D eigenvalue weighted by Crippen LogP contribution is -2.03. The van der Waals surface area contributed by atoms with E-state index < -0.39 is 0 Å². The third-order valence-corrected chi connectivity index (χ3v) is 2.86. The van der Waals surface area contributed by atoms with Crippen LogP contribution in [-0.2, 0) is 6.54 Å². The van der Waals surface area contributed by atoms with E-state index in [9.17, 15) is 0 Å². The van der Waals surface area contributed by atoms with Crippen molar-refractivity contribution in [2.45, 2.75) is 27.3 Å². The van der Waals surface area contributed by atoms with E-state index in [1.54, 1.807) is 0 Å². The third kappa shape index (κ3) is 2.62. The summed E-state index contributed by atoms with van der Waals surface area (Å²) in [6.45, 7) is 10.7. The molecule has 0 spiro atoms. The fraction of sp³-hybridized carbons (Fsp3) is 0.267. The van der Waals surface area contributed by atoms with Crippen molar-refractivity contribution in [3.8, 4) is 0 Å².